The Morgan fingerprint density at radius 1 is 1.14 bits per heavy atom. The number of anilines is 1. The number of rotatable bonds is 12. The molecular formula is C27H33N5O2S. The van der Waals surface area contributed by atoms with Crippen LogP contribution in [0.25, 0.3) is 0 Å². The highest BCUT2D eigenvalue weighted by Crippen LogP contribution is 2.24. The molecule has 0 aliphatic carbocycles. The molecule has 1 heterocycles. The second-order valence-electron chi connectivity index (χ2n) is 8.85. The van der Waals surface area contributed by atoms with Gasteiger partial charge in [0.15, 0.2) is 11.0 Å². The van der Waals surface area contributed by atoms with E-state index in [1.54, 1.807) is 4.90 Å². The molecule has 1 aromatic heterocycles. The van der Waals surface area contributed by atoms with Crippen LogP contribution in [0.5, 0.6) is 5.75 Å². The predicted molar refractivity (Wildman–Crippen MR) is 139 cm³/mol. The molecule has 0 aliphatic heterocycles. The predicted octanol–water partition coefficient (Wildman–Crippen LogP) is 5.56. The first kappa shape index (κ1) is 26.3. The van der Waals surface area contributed by atoms with Crippen molar-refractivity contribution in [1.29, 1.82) is 5.26 Å². The molecule has 0 spiro atoms. The summed E-state index contributed by atoms with van der Waals surface area (Å²) in [4.78, 5) is 14.9. The van der Waals surface area contributed by atoms with Crippen LogP contribution in [0.15, 0.2) is 53.7 Å². The van der Waals surface area contributed by atoms with Crippen LogP contribution in [-0.4, -0.2) is 33.0 Å². The molecule has 184 valence electrons. The molecule has 8 heteroatoms. The lowest BCUT2D eigenvalue weighted by Gasteiger charge is -2.22. The number of amides is 1. The lowest BCUT2D eigenvalue weighted by Crippen LogP contribution is -2.33. The van der Waals surface area contributed by atoms with Crippen LogP contribution in [0, 0.1) is 31.1 Å². The summed E-state index contributed by atoms with van der Waals surface area (Å²) in [5.41, 5.74) is 3.09. The van der Waals surface area contributed by atoms with Gasteiger partial charge in [0.25, 0.3) is 0 Å². The summed E-state index contributed by atoms with van der Waals surface area (Å²) < 4.78 is 7.95. The van der Waals surface area contributed by atoms with E-state index >= 15 is 0 Å². The third kappa shape index (κ3) is 7.59. The van der Waals surface area contributed by atoms with Crippen LogP contribution in [0.1, 0.15) is 43.6 Å². The Kier molecular flexibility index (Phi) is 9.74. The van der Waals surface area contributed by atoms with E-state index in [-0.39, 0.29) is 18.1 Å². The molecule has 3 aromatic rings. The topological polar surface area (TPSA) is 84.0 Å². The second-order valence-corrected chi connectivity index (χ2v) is 9.79. The van der Waals surface area contributed by atoms with Crippen LogP contribution < -0.4 is 9.64 Å². The molecular weight excluding hydrogens is 458 g/mol. The molecule has 0 fully saturated rings. The minimum absolute atomic E-state index is 0.0611. The molecule has 3 rings (SSSR count). The van der Waals surface area contributed by atoms with Crippen molar-refractivity contribution >= 4 is 23.4 Å². The van der Waals surface area contributed by atoms with Crippen molar-refractivity contribution < 1.29 is 9.53 Å². The summed E-state index contributed by atoms with van der Waals surface area (Å²) in [5, 5.41) is 18.5. The SMILES string of the molecule is Cc1ccc(N(CCC#N)C(=O)CSc2nnc(COc3ccccc3)n2CCC(C)C)cc1C. The number of thioether (sulfide) groups is 1. The van der Waals surface area contributed by atoms with Gasteiger partial charge in [-0.2, -0.15) is 5.26 Å². The van der Waals surface area contributed by atoms with E-state index in [0.717, 1.165) is 35.8 Å². The summed E-state index contributed by atoms with van der Waals surface area (Å²) >= 11 is 1.37. The molecule has 7 nitrogen and oxygen atoms in total. The number of aryl methyl sites for hydroxylation is 2. The lowest BCUT2D eigenvalue weighted by atomic mass is 10.1. The fourth-order valence-electron chi connectivity index (χ4n) is 3.47. The Balaban J connectivity index is 1.74. The highest BCUT2D eigenvalue weighted by molar-refractivity contribution is 7.99. The Morgan fingerprint density at radius 3 is 2.60 bits per heavy atom. The van der Waals surface area contributed by atoms with Gasteiger partial charge in [-0.3, -0.25) is 4.79 Å². The van der Waals surface area contributed by atoms with Gasteiger partial charge in [0.1, 0.15) is 12.4 Å². The number of nitrogens with zero attached hydrogens (tertiary/aromatic N) is 5. The molecule has 2 aromatic carbocycles. The molecule has 0 saturated carbocycles. The maximum Gasteiger partial charge on any atom is 0.237 e. The van der Waals surface area contributed by atoms with Gasteiger partial charge in [0.05, 0.1) is 18.2 Å². The van der Waals surface area contributed by atoms with Gasteiger partial charge in [0, 0.05) is 18.8 Å². The first-order valence-corrected chi connectivity index (χ1v) is 12.8. The zero-order valence-electron chi connectivity index (χ0n) is 20.9. The van der Waals surface area contributed by atoms with E-state index in [0.29, 0.717) is 24.2 Å². The van der Waals surface area contributed by atoms with E-state index in [4.69, 9.17) is 10.00 Å². The van der Waals surface area contributed by atoms with Gasteiger partial charge in [-0.1, -0.05) is 49.9 Å². The van der Waals surface area contributed by atoms with Crippen LogP contribution in [0.3, 0.4) is 0 Å². The van der Waals surface area contributed by atoms with E-state index in [2.05, 4.69) is 34.7 Å². The number of aromatic nitrogens is 3. The van der Waals surface area contributed by atoms with Gasteiger partial charge in [-0.25, -0.2) is 0 Å². The van der Waals surface area contributed by atoms with Crippen molar-refractivity contribution in [1.82, 2.24) is 14.8 Å². The zero-order valence-corrected chi connectivity index (χ0v) is 21.7. The highest BCUT2D eigenvalue weighted by atomic mass is 32.2. The standard InChI is InChI=1S/C27H33N5O2S/c1-20(2)13-16-32-25(18-34-24-9-6-5-7-10-24)29-30-27(32)35-19-26(33)31(15-8-14-28)23-12-11-21(3)22(4)17-23/h5-7,9-12,17,20H,8,13,15-16,18-19H2,1-4H3. The first-order valence-electron chi connectivity index (χ1n) is 11.9. The van der Waals surface area contributed by atoms with Crippen molar-refractivity contribution in [2.24, 2.45) is 5.92 Å². The number of carbonyl (C=O) groups excluding carboxylic acids is 1. The Morgan fingerprint density at radius 2 is 1.91 bits per heavy atom. The number of carbonyl (C=O) groups is 1. The Bertz CT molecular complexity index is 1150. The monoisotopic (exact) mass is 491 g/mol. The largest absolute Gasteiger partial charge is 0.486 e. The van der Waals surface area contributed by atoms with Crippen LogP contribution in [0.4, 0.5) is 5.69 Å². The quantitative estimate of drug-likeness (QED) is 0.309. The third-order valence-electron chi connectivity index (χ3n) is 5.71. The summed E-state index contributed by atoms with van der Waals surface area (Å²) in [5.74, 6) is 2.18. The van der Waals surface area contributed by atoms with Gasteiger partial charge < -0.3 is 14.2 Å². The molecule has 0 bridgehead atoms. The number of nitriles is 1. The van der Waals surface area contributed by atoms with Gasteiger partial charge >= 0.3 is 0 Å². The van der Waals surface area contributed by atoms with Crippen LogP contribution in [-0.2, 0) is 17.9 Å². The van der Waals surface area contributed by atoms with E-state index < -0.39 is 0 Å². The maximum atomic E-state index is 13.2. The van der Waals surface area contributed by atoms with Crippen molar-refractivity contribution in [2.45, 2.75) is 58.8 Å². The lowest BCUT2D eigenvalue weighted by molar-refractivity contribution is -0.116. The van der Waals surface area contributed by atoms with Crippen LogP contribution >= 0.6 is 11.8 Å². The van der Waals surface area contributed by atoms with Crippen molar-refractivity contribution in [3.8, 4) is 11.8 Å². The average molecular weight is 492 g/mol. The van der Waals surface area contributed by atoms with Crippen molar-refractivity contribution in [3.05, 3.63) is 65.5 Å². The molecule has 0 atom stereocenters. The molecule has 35 heavy (non-hydrogen) atoms. The first-order chi connectivity index (χ1) is 16.9. The zero-order chi connectivity index (χ0) is 25.2. The molecule has 0 unspecified atom stereocenters. The second kappa shape index (κ2) is 13.0. The molecule has 0 radical (unpaired) electrons. The van der Waals surface area contributed by atoms with Gasteiger partial charge in [-0.15, -0.1) is 10.2 Å². The minimum atomic E-state index is -0.0611. The molecule has 0 aliphatic rings. The van der Waals surface area contributed by atoms with Crippen LogP contribution in [0.2, 0.25) is 0 Å². The number of hydrogen-bond donors (Lipinski definition) is 0. The van der Waals surface area contributed by atoms with E-state index in [1.165, 1.54) is 17.3 Å². The van der Waals surface area contributed by atoms with Crippen molar-refractivity contribution in [3.63, 3.8) is 0 Å². The van der Waals surface area contributed by atoms with Gasteiger partial charge in [-0.05, 0) is 61.6 Å². The number of hydrogen-bond acceptors (Lipinski definition) is 6. The van der Waals surface area contributed by atoms with E-state index in [9.17, 15) is 4.79 Å². The molecule has 1 amide bonds. The number of ether oxygens (including phenoxy) is 1. The molecule has 0 saturated heterocycles. The summed E-state index contributed by atoms with van der Waals surface area (Å²) in [6, 6.07) is 17.7. The summed E-state index contributed by atoms with van der Waals surface area (Å²) in [7, 11) is 0. The highest BCUT2D eigenvalue weighted by Gasteiger charge is 2.20. The summed E-state index contributed by atoms with van der Waals surface area (Å²) in [6.07, 6.45) is 1.24. The minimum Gasteiger partial charge on any atom is -0.486 e. The maximum absolute atomic E-state index is 13.2. The van der Waals surface area contributed by atoms with E-state index in [1.807, 2.05) is 62.4 Å². The fourth-order valence-corrected chi connectivity index (χ4v) is 4.33. The Labute approximate surface area is 212 Å². The summed E-state index contributed by atoms with van der Waals surface area (Å²) in [6.45, 7) is 9.84. The Hall–Kier alpha value is -3.31. The van der Waals surface area contributed by atoms with Crippen molar-refractivity contribution in [2.75, 3.05) is 17.2 Å². The average Bonchev–Trinajstić information content (AvgIpc) is 3.24. The molecule has 0 N–H and O–H groups in total. The smallest absolute Gasteiger partial charge is 0.237 e. The van der Waals surface area contributed by atoms with Gasteiger partial charge in [0.2, 0.25) is 5.91 Å². The number of benzene rings is 2. The fraction of sp³-hybridized carbons (Fsp3) is 0.407. The third-order valence-corrected chi connectivity index (χ3v) is 6.66. The normalized spacial score (nSPS) is 10.9. The number of para-hydroxylation sites is 1.